The molecule has 1 aromatic rings. The van der Waals surface area contributed by atoms with Gasteiger partial charge in [0.2, 0.25) is 0 Å². The summed E-state index contributed by atoms with van der Waals surface area (Å²) in [7, 11) is 0. The van der Waals surface area contributed by atoms with Gasteiger partial charge in [0.05, 0.1) is 0 Å². The molecule has 2 atom stereocenters. The molecule has 1 saturated heterocycles. The van der Waals surface area contributed by atoms with Gasteiger partial charge in [-0.2, -0.15) is 11.8 Å². The fourth-order valence-electron chi connectivity index (χ4n) is 2.03. The van der Waals surface area contributed by atoms with E-state index in [1.54, 1.807) is 12.1 Å². The van der Waals surface area contributed by atoms with Gasteiger partial charge in [-0.1, -0.05) is 17.7 Å². The fourth-order valence-corrected chi connectivity index (χ4v) is 3.59. The highest BCUT2D eigenvalue weighted by Gasteiger charge is 2.24. The van der Waals surface area contributed by atoms with E-state index in [0.29, 0.717) is 22.3 Å². The zero-order valence-corrected chi connectivity index (χ0v) is 10.5. The summed E-state index contributed by atoms with van der Waals surface area (Å²) >= 11 is 7.87. The average molecular weight is 260 g/mol. The Morgan fingerprint density at radius 3 is 3.00 bits per heavy atom. The standard InChI is InChI=1S/C12H15ClFNS/c13-9-3-1-4-10(14)8(9)7-11(15)12-5-2-6-16-12/h1,3-4,11-12H,2,5-7,15H2. The molecule has 0 aromatic heterocycles. The smallest absolute Gasteiger partial charge is 0.127 e. The quantitative estimate of drug-likeness (QED) is 0.902. The molecule has 1 nitrogen and oxygen atoms in total. The van der Waals surface area contributed by atoms with Gasteiger partial charge in [0, 0.05) is 21.9 Å². The van der Waals surface area contributed by atoms with Crippen LogP contribution in [0.15, 0.2) is 18.2 Å². The first-order valence-electron chi connectivity index (χ1n) is 5.48. The van der Waals surface area contributed by atoms with Crippen molar-refractivity contribution in [3.05, 3.63) is 34.6 Å². The molecule has 1 aliphatic heterocycles. The van der Waals surface area contributed by atoms with Crippen molar-refractivity contribution in [2.75, 3.05) is 5.75 Å². The van der Waals surface area contributed by atoms with Gasteiger partial charge in [-0.15, -0.1) is 0 Å². The minimum absolute atomic E-state index is 0.00176. The molecule has 0 aliphatic carbocycles. The molecule has 2 rings (SSSR count). The van der Waals surface area contributed by atoms with E-state index in [4.69, 9.17) is 17.3 Å². The number of nitrogens with two attached hydrogens (primary N) is 1. The van der Waals surface area contributed by atoms with E-state index in [1.165, 1.54) is 18.2 Å². The number of hydrogen-bond acceptors (Lipinski definition) is 2. The van der Waals surface area contributed by atoms with Gasteiger partial charge >= 0.3 is 0 Å². The second-order valence-electron chi connectivity index (χ2n) is 4.12. The lowest BCUT2D eigenvalue weighted by Gasteiger charge is -2.19. The maximum atomic E-state index is 13.6. The lowest BCUT2D eigenvalue weighted by molar-refractivity contribution is 0.567. The van der Waals surface area contributed by atoms with E-state index in [2.05, 4.69) is 0 Å². The second kappa shape index (κ2) is 5.39. The first-order chi connectivity index (χ1) is 7.68. The summed E-state index contributed by atoms with van der Waals surface area (Å²) in [6, 6.07) is 4.78. The molecule has 16 heavy (non-hydrogen) atoms. The molecular weight excluding hydrogens is 245 g/mol. The maximum Gasteiger partial charge on any atom is 0.127 e. The molecule has 0 spiro atoms. The number of benzene rings is 1. The van der Waals surface area contributed by atoms with Crippen LogP contribution < -0.4 is 5.73 Å². The van der Waals surface area contributed by atoms with Crippen molar-refractivity contribution in [3.63, 3.8) is 0 Å². The van der Waals surface area contributed by atoms with Crippen LogP contribution >= 0.6 is 23.4 Å². The molecule has 1 aromatic carbocycles. The summed E-state index contributed by atoms with van der Waals surface area (Å²) in [5, 5.41) is 0.939. The van der Waals surface area contributed by atoms with Crippen molar-refractivity contribution in [1.82, 2.24) is 0 Å². The molecule has 1 fully saturated rings. The van der Waals surface area contributed by atoms with Crippen molar-refractivity contribution in [2.24, 2.45) is 5.73 Å². The van der Waals surface area contributed by atoms with Crippen molar-refractivity contribution < 1.29 is 4.39 Å². The SMILES string of the molecule is NC(Cc1c(F)cccc1Cl)C1CCCS1. The zero-order chi connectivity index (χ0) is 11.5. The van der Waals surface area contributed by atoms with E-state index in [0.717, 1.165) is 6.42 Å². The molecule has 2 unspecified atom stereocenters. The number of rotatable bonds is 3. The molecule has 1 aliphatic rings. The van der Waals surface area contributed by atoms with Crippen molar-refractivity contribution in [2.45, 2.75) is 30.6 Å². The Kier molecular flexibility index (Phi) is 4.11. The van der Waals surface area contributed by atoms with Crippen LogP contribution in [0, 0.1) is 5.82 Å². The normalized spacial score (nSPS) is 22.3. The summed E-state index contributed by atoms with van der Waals surface area (Å²) in [4.78, 5) is 0. The summed E-state index contributed by atoms with van der Waals surface area (Å²) in [5.74, 6) is 0.926. The predicted molar refractivity (Wildman–Crippen MR) is 68.6 cm³/mol. The van der Waals surface area contributed by atoms with Gasteiger partial charge in [0.1, 0.15) is 5.82 Å². The highest BCUT2D eigenvalue weighted by molar-refractivity contribution is 8.00. The van der Waals surface area contributed by atoms with Gasteiger partial charge < -0.3 is 5.73 Å². The van der Waals surface area contributed by atoms with Crippen LogP contribution in [-0.2, 0) is 6.42 Å². The van der Waals surface area contributed by atoms with E-state index >= 15 is 0 Å². The molecule has 0 bridgehead atoms. The van der Waals surface area contributed by atoms with Crippen LogP contribution in [0.3, 0.4) is 0 Å². The minimum atomic E-state index is -0.244. The third-order valence-electron chi connectivity index (χ3n) is 2.94. The second-order valence-corrected chi connectivity index (χ2v) is 5.87. The molecule has 2 N–H and O–H groups in total. The predicted octanol–water partition coefficient (Wildman–Crippen LogP) is 3.24. The molecule has 0 saturated carbocycles. The minimum Gasteiger partial charge on any atom is -0.326 e. The Labute approximate surface area is 105 Å². The third-order valence-corrected chi connectivity index (χ3v) is 4.84. The van der Waals surface area contributed by atoms with Gasteiger partial charge in [-0.25, -0.2) is 4.39 Å². The Bertz CT molecular complexity index is 346. The molecule has 0 radical (unpaired) electrons. The summed E-state index contributed by atoms with van der Waals surface area (Å²) < 4.78 is 13.6. The summed E-state index contributed by atoms with van der Waals surface area (Å²) in [5.41, 5.74) is 6.66. The van der Waals surface area contributed by atoms with Gasteiger partial charge in [0.15, 0.2) is 0 Å². The summed E-state index contributed by atoms with van der Waals surface area (Å²) in [6.07, 6.45) is 2.88. The Hall–Kier alpha value is -0.250. The van der Waals surface area contributed by atoms with Crippen molar-refractivity contribution in [3.8, 4) is 0 Å². The zero-order valence-electron chi connectivity index (χ0n) is 8.96. The Balaban J connectivity index is 2.07. The maximum absolute atomic E-state index is 13.6. The van der Waals surface area contributed by atoms with Crippen LogP contribution in [-0.4, -0.2) is 17.0 Å². The van der Waals surface area contributed by atoms with Crippen LogP contribution in [0.1, 0.15) is 18.4 Å². The van der Waals surface area contributed by atoms with Crippen LogP contribution in [0.2, 0.25) is 5.02 Å². The van der Waals surface area contributed by atoms with E-state index < -0.39 is 0 Å². The number of halogens is 2. The van der Waals surface area contributed by atoms with Gasteiger partial charge in [-0.05, 0) is 37.1 Å². The topological polar surface area (TPSA) is 26.0 Å². The van der Waals surface area contributed by atoms with E-state index in [9.17, 15) is 4.39 Å². The molecule has 0 amide bonds. The van der Waals surface area contributed by atoms with Crippen LogP contribution in [0.25, 0.3) is 0 Å². The monoisotopic (exact) mass is 259 g/mol. The molecule has 1 heterocycles. The molecule has 88 valence electrons. The molecule has 4 heteroatoms. The third kappa shape index (κ3) is 2.70. The summed E-state index contributed by atoms with van der Waals surface area (Å²) in [6.45, 7) is 0. The van der Waals surface area contributed by atoms with Crippen molar-refractivity contribution >= 4 is 23.4 Å². The van der Waals surface area contributed by atoms with Gasteiger partial charge in [0.25, 0.3) is 0 Å². The average Bonchev–Trinajstić information content (AvgIpc) is 2.76. The van der Waals surface area contributed by atoms with Crippen LogP contribution in [0.4, 0.5) is 4.39 Å². The first-order valence-corrected chi connectivity index (χ1v) is 6.91. The lowest BCUT2D eigenvalue weighted by atomic mass is 10.0. The number of thioether (sulfide) groups is 1. The highest BCUT2D eigenvalue weighted by atomic mass is 35.5. The van der Waals surface area contributed by atoms with Crippen LogP contribution in [0.5, 0.6) is 0 Å². The van der Waals surface area contributed by atoms with E-state index in [1.807, 2.05) is 11.8 Å². The number of hydrogen-bond donors (Lipinski definition) is 1. The Morgan fingerprint density at radius 2 is 2.38 bits per heavy atom. The highest BCUT2D eigenvalue weighted by Crippen LogP contribution is 2.30. The fraction of sp³-hybridized carbons (Fsp3) is 0.500. The lowest BCUT2D eigenvalue weighted by Crippen LogP contribution is -2.33. The van der Waals surface area contributed by atoms with Gasteiger partial charge in [-0.3, -0.25) is 0 Å². The first kappa shape index (κ1) is 12.2. The van der Waals surface area contributed by atoms with Crippen molar-refractivity contribution in [1.29, 1.82) is 0 Å². The van der Waals surface area contributed by atoms with E-state index in [-0.39, 0.29) is 11.9 Å². The molecular formula is C12H15ClFNS. The largest absolute Gasteiger partial charge is 0.326 e. The Morgan fingerprint density at radius 1 is 1.56 bits per heavy atom.